The molecule has 0 aliphatic rings. The summed E-state index contributed by atoms with van der Waals surface area (Å²) in [6.45, 7) is 1.91. The van der Waals surface area contributed by atoms with Crippen LogP contribution >= 0.6 is 11.6 Å². The first-order valence-electron chi connectivity index (χ1n) is 7.86. The van der Waals surface area contributed by atoms with Gasteiger partial charge in [0.2, 0.25) is 0 Å². The number of benzene rings is 1. The average Bonchev–Trinajstić information content (AvgIpc) is 3.14. The largest absolute Gasteiger partial charge is 0.435 e. The Morgan fingerprint density at radius 1 is 1.39 bits per heavy atom. The van der Waals surface area contributed by atoms with Crippen LogP contribution in [0, 0.1) is 18.3 Å². The Kier molecular flexibility index (Phi) is 5.11. The summed E-state index contributed by atoms with van der Waals surface area (Å²) in [6.07, 6.45) is -3.81. The maximum atomic E-state index is 13.1. The summed E-state index contributed by atoms with van der Waals surface area (Å²) < 4.78 is 40.2. The molecule has 7 nitrogen and oxygen atoms in total. The molecular formula is C17H13ClF3N7. The van der Waals surface area contributed by atoms with Gasteiger partial charge in [-0.15, -0.1) is 0 Å². The minimum Gasteiger partial charge on any atom is -0.339 e. The van der Waals surface area contributed by atoms with E-state index in [2.05, 4.69) is 25.6 Å². The van der Waals surface area contributed by atoms with Gasteiger partial charge in [-0.25, -0.2) is 4.99 Å². The van der Waals surface area contributed by atoms with Crippen LogP contribution in [0.3, 0.4) is 0 Å². The predicted molar refractivity (Wildman–Crippen MR) is 98.2 cm³/mol. The van der Waals surface area contributed by atoms with Crippen molar-refractivity contribution in [1.29, 1.82) is 5.26 Å². The van der Waals surface area contributed by atoms with Crippen molar-refractivity contribution in [2.75, 3.05) is 5.32 Å². The van der Waals surface area contributed by atoms with Crippen molar-refractivity contribution in [3.8, 4) is 6.07 Å². The van der Waals surface area contributed by atoms with Crippen LogP contribution in [0.2, 0.25) is 5.15 Å². The number of aliphatic imine (C=N–C) groups is 1. The van der Waals surface area contributed by atoms with Gasteiger partial charge in [0.05, 0.1) is 5.56 Å². The number of hydrogen-bond donors (Lipinski definition) is 2. The standard InChI is InChI=1S/C17H13ClF3N7/c1-9-4-3-5-10(6-9)24-16-11(7-22)15(25-26-16)23-8-12-13(17(19,20)21)27-28(2)14(12)18/h3-6,8H,1-2H3,(H2,24,25,26). The van der Waals surface area contributed by atoms with E-state index in [4.69, 9.17) is 11.6 Å². The molecular weight excluding hydrogens is 395 g/mol. The first-order chi connectivity index (χ1) is 13.2. The lowest BCUT2D eigenvalue weighted by atomic mass is 10.2. The first kappa shape index (κ1) is 19.4. The van der Waals surface area contributed by atoms with Crippen LogP contribution < -0.4 is 5.32 Å². The number of H-pyrrole nitrogens is 1. The molecule has 28 heavy (non-hydrogen) atoms. The molecule has 0 saturated carbocycles. The lowest BCUT2D eigenvalue weighted by molar-refractivity contribution is -0.141. The molecule has 144 valence electrons. The molecule has 0 amide bonds. The number of alkyl halides is 3. The van der Waals surface area contributed by atoms with E-state index < -0.39 is 17.4 Å². The number of halogens is 4. The fraction of sp³-hybridized carbons (Fsp3) is 0.176. The van der Waals surface area contributed by atoms with E-state index in [0.717, 1.165) is 16.5 Å². The summed E-state index contributed by atoms with van der Waals surface area (Å²) >= 11 is 5.89. The van der Waals surface area contributed by atoms with E-state index in [0.29, 0.717) is 5.69 Å². The molecule has 0 radical (unpaired) electrons. The summed E-state index contributed by atoms with van der Waals surface area (Å²) in [5.74, 6) is 0.194. The predicted octanol–water partition coefficient (Wildman–Crippen LogP) is 4.49. The third kappa shape index (κ3) is 3.84. The Morgan fingerprint density at radius 2 is 2.14 bits per heavy atom. The third-order valence-electron chi connectivity index (χ3n) is 3.74. The Hall–Kier alpha value is -3.32. The van der Waals surface area contributed by atoms with E-state index in [1.807, 2.05) is 31.2 Å². The maximum absolute atomic E-state index is 13.1. The molecule has 11 heteroatoms. The van der Waals surface area contributed by atoms with Gasteiger partial charge in [0.25, 0.3) is 0 Å². The monoisotopic (exact) mass is 407 g/mol. The number of hydrogen-bond acceptors (Lipinski definition) is 5. The highest BCUT2D eigenvalue weighted by Crippen LogP contribution is 2.34. The van der Waals surface area contributed by atoms with Gasteiger partial charge in [-0.1, -0.05) is 23.7 Å². The van der Waals surface area contributed by atoms with E-state index in [1.165, 1.54) is 7.05 Å². The van der Waals surface area contributed by atoms with Gasteiger partial charge in [0.1, 0.15) is 22.6 Å². The van der Waals surface area contributed by atoms with Crippen LogP contribution in [-0.4, -0.2) is 26.2 Å². The van der Waals surface area contributed by atoms with Crippen LogP contribution in [-0.2, 0) is 13.2 Å². The number of rotatable bonds is 4. The second-order valence-electron chi connectivity index (χ2n) is 5.84. The normalized spacial score (nSPS) is 11.8. The van der Waals surface area contributed by atoms with Crippen molar-refractivity contribution < 1.29 is 13.2 Å². The van der Waals surface area contributed by atoms with Crippen LogP contribution in [0.5, 0.6) is 0 Å². The topological polar surface area (TPSA) is 94.7 Å². The Balaban J connectivity index is 1.95. The summed E-state index contributed by atoms with van der Waals surface area (Å²) in [5.41, 5.74) is 0.191. The van der Waals surface area contributed by atoms with Gasteiger partial charge < -0.3 is 5.32 Å². The minimum absolute atomic E-state index is 0.0475. The molecule has 0 bridgehead atoms. The highest BCUT2D eigenvalue weighted by molar-refractivity contribution is 6.32. The molecule has 0 aliphatic carbocycles. The molecule has 2 heterocycles. The lowest BCUT2D eigenvalue weighted by Gasteiger charge is -2.04. The fourth-order valence-corrected chi connectivity index (χ4v) is 2.63. The van der Waals surface area contributed by atoms with E-state index in [1.54, 1.807) is 6.07 Å². The van der Waals surface area contributed by atoms with E-state index in [-0.39, 0.29) is 22.4 Å². The number of anilines is 2. The van der Waals surface area contributed by atoms with Gasteiger partial charge in [0.15, 0.2) is 11.5 Å². The molecule has 0 unspecified atom stereocenters. The van der Waals surface area contributed by atoms with E-state index >= 15 is 0 Å². The highest BCUT2D eigenvalue weighted by atomic mass is 35.5. The van der Waals surface area contributed by atoms with E-state index in [9.17, 15) is 18.4 Å². The zero-order valence-electron chi connectivity index (χ0n) is 14.6. The zero-order chi connectivity index (χ0) is 20.5. The second kappa shape index (κ2) is 7.36. The minimum atomic E-state index is -4.70. The van der Waals surface area contributed by atoms with Crippen LogP contribution in [0.4, 0.5) is 30.5 Å². The molecule has 0 fully saturated rings. The van der Waals surface area contributed by atoms with Crippen molar-refractivity contribution in [2.24, 2.45) is 12.0 Å². The highest BCUT2D eigenvalue weighted by Gasteiger charge is 2.38. The summed E-state index contributed by atoms with van der Waals surface area (Å²) in [6, 6.07) is 9.33. The number of nitrogens with one attached hydrogen (secondary N) is 2. The number of nitriles is 1. The molecule has 2 N–H and O–H groups in total. The quantitative estimate of drug-likeness (QED) is 0.623. The molecule has 0 spiro atoms. The Labute approximate surface area is 162 Å². The van der Waals surface area contributed by atoms with Crippen LogP contribution in [0.15, 0.2) is 29.3 Å². The number of aromatic amines is 1. The first-order valence-corrected chi connectivity index (χ1v) is 8.24. The van der Waals surface area contributed by atoms with Crippen molar-refractivity contribution >= 4 is 35.1 Å². The summed E-state index contributed by atoms with van der Waals surface area (Å²) in [7, 11) is 1.29. The molecule has 2 aromatic heterocycles. The number of aromatic nitrogens is 4. The number of nitrogens with zero attached hydrogens (tertiary/aromatic N) is 5. The average molecular weight is 408 g/mol. The van der Waals surface area contributed by atoms with Gasteiger partial charge in [0, 0.05) is 18.9 Å². The summed E-state index contributed by atoms with van der Waals surface area (Å²) in [4.78, 5) is 3.91. The summed E-state index contributed by atoms with van der Waals surface area (Å²) in [5, 5.41) is 22.1. The zero-order valence-corrected chi connectivity index (χ0v) is 15.4. The SMILES string of the molecule is Cc1cccc(Nc2[nH]nc(N=Cc3c(C(F)(F)F)nn(C)c3Cl)c2C#N)c1. The molecule has 0 saturated heterocycles. The third-order valence-corrected chi connectivity index (χ3v) is 4.19. The maximum Gasteiger partial charge on any atom is 0.435 e. The number of aryl methyl sites for hydroxylation is 2. The molecule has 1 aromatic carbocycles. The molecule has 3 aromatic rings. The van der Waals surface area contributed by atoms with Crippen LogP contribution in [0.25, 0.3) is 0 Å². The van der Waals surface area contributed by atoms with Crippen molar-refractivity contribution in [3.05, 3.63) is 51.8 Å². The second-order valence-corrected chi connectivity index (χ2v) is 6.19. The van der Waals surface area contributed by atoms with Crippen LogP contribution in [0.1, 0.15) is 22.4 Å². The molecule has 3 rings (SSSR count). The Morgan fingerprint density at radius 3 is 2.79 bits per heavy atom. The van der Waals surface area contributed by atoms with Gasteiger partial charge in [-0.2, -0.15) is 28.6 Å². The Bertz CT molecular complexity index is 1090. The lowest BCUT2D eigenvalue weighted by Crippen LogP contribution is -2.09. The fourth-order valence-electron chi connectivity index (χ4n) is 2.46. The van der Waals surface area contributed by atoms with Crippen molar-refractivity contribution in [3.63, 3.8) is 0 Å². The van der Waals surface area contributed by atoms with Crippen molar-refractivity contribution in [1.82, 2.24) is 20.0 Å². The molecule has 0 atom stereocenters. The van der Waals surface area contributed by atoms with Gasteiger partial charge in [-0.3, -0.25) is 9.78 Å². The van der Waals surface area contributed by atoms with Gasteiger partial charge >= 0.3 is 6.18 Å². The molecule has 0 aliphatic heterocycles. The van der Waals surface area contributed by atoms with Crippen molar-refractivity contribution in [2.45, 2.75) is 13.1 Å². The smallest absolute Gasteiger partial charge is 0.339 e. The van der Waals surface area contributed by atoms with Gasteiger partial charge in [-0.05, 0) is 24.6 Å².